The Morgan fingerprint density at radius 1 is 1.17 bits per heavy atom. The third-order valence-electron chi connectivity index (χ3n) is 1.95. The molecule has 1 aromatic carbocycles. The topological polar surface area (TPSA) is 47.0 Å². The lowest BCUT2D eigenvalue weighted by molar-refractivity contribution is 0.611. The van der Waals surface area contributed by atoms with Crippen LogP contribution in [0.1, 0.15) is 0 Å². The molecular formula is C9H3Cl4NO2S2. The predicted molar refractivity (Wildman–Crippen MR) is 75.6 cm³/mol. The third-order valence-corrected chi connectivity index (χ3v) is 6.06. The van der Waals surface area contributed by atoms with Crippen molar-refractivity contribution in [1.82, 2.24) is 4.98 Å². The molecule has 0 bridgehead atoms. The average Bonchev–Trinajstić information content (AvgIpc) is 2.71. The van der Waals surface area contributed by atoms with Crippen LogP contribution in [0.5, 0.6) is 0 Å². The monoisotopic (exact) mass is 361 g/mol. The van der Waals surface area contributed by atoms with Crippen molar-refractivity contribution in [3.63, 3.8) is 0 Å². The lowest BCUT2D eigenvalue weighted by Gasteiger charge is -2.03. The van der Waals surface area contributed by atoms with E-state index in [0.29, 0.717) is 15.6 Å². The van der Waals surface area contributed by atoms with Crippen LogP contribution in [-0.4, -0.2) is 13.4 Å². The molecule has 3 nitrogen and oxygen atoms in total. The Kier molecular flexibility index (Phi) is 4.11. The molecule has 96 valence electrons. The Balaban J connectivity index is 2.60. The molecular weight excluding hydrogens is 360 g/mol. The Labute approximate surface area is 127 Å². The van der Waals surface area contributed by atoms with Crippen molar-refractivity contribution in [1.29, 1.82) is 0 Å². The van der Waals surface area contributed by atoms with Crippen LogP contribution in [0.15, 0.2) is 22.5 Å². The largest absolute Gasteiger partial charge is 0.272 e. The number of hydrogen-bond donors (Lipinski definition) is 0. The molecule has 0 aliphatic rings. The first kappa shape index (κ1) is 14.4. The van der Waals surface area contributed by atoms with Gasteiger partial charge in [-0.15, -0.1) is 11.3 Å². The van der Waals surface area contributed by atoms with Crippen LogP contribution in [0.4, 0.5) is 0 Å². The van der Waals surface area contributed by atoms with Gasteiger partial charge in [-0.1, -0.05) is 34.8 Å². The zero-order valence-corrected chi connectivity index (χ0v) is 13.0. The van der Waals surface area contributed by atoms with E-state index >= 15 is 0 Å². The van der Waals surface area contributed by atoms with Gasteiger partial charge in [-0.3, -0.25) is 0 Å². The number of halogens is 4. The smallest absolute Gasteiger partial charge is 0.243 e. The van der Waals surface area contributed by atoms with Crippen LogP contribution < -0.4 is 0 Å². The first-order valence-electron chi connectivity index (χ1n) is 4.34. The van der Waals surface area contributed by atoms with Gasteiger partial charge in [-0.2, -0.15) is 0 Å². The van der Waals surface area contributed by atoms with Crippen LogP contribution in [0, 0.1) is 0 Å². The summed E-state index contributed by atoms with van der Waals surface area (Å²) in [6, 6.07) is 3.04. The summed E-state index contributed by atoms with van der Waals surface area (Å²) in [5.41, 5.74) is 0.464. The van der Waals surface area contributed by atoms with Gasteiger partial charge >= 0.3 is 0 Å². The van der Waals surface area contributed by atoms with E-state index in [1.807, 2.05) is 0 Å². The maximum Gasteiger partial charge on any atom is 0.272 e. The standard InChI is InChI=1S/C9H3Cl4NO2S2/c10-4-1-5(8(12)6(11)2-4)9-14-3-7(17-9)18(13,15)16/h1-3H. The predicted octanol–water partition coefficient (Wildman–Crippen LogP) is 4.70. The van der Waals surface area contributed by atoms with Gasteiger partial charge in [0.1, 0.15) is 5.01 Å². The zero-order valence-electron chi connectivity index (χ0n) is 8.32. The minimum Gasteiger partial charge on any atom is -0.243 e. The highest BCUT2D eigenvalue weighted by atomic mass is 35.7. The van der Waals surface area contributed by atoms with Gasteiger partial charge in [0.15, 0.2) is 4.21 Å². The maximum absolute atomic E-state index is 11.1. The highest BCUT2D eigenvalue weighted by molar-refractivity contribution is 8.15. The molecule has 1 aromatic heterocycles. The summed E-state index contributed by atoms with van der Waals surface area (Å²) >= 11 is 18.6. The molecule has 0 N–H and O–H groups in total. The molecule has 0 aliphatic carbocycles. The van der Waals surface area contributed by atoms with Crippen molar-refractivity contribution < 1.29 is 8.42 Å². The summed E-state index contributed by atoms with van der Waals surface area (Å²) in [5.74, 6) is 0. The fourth-order valence-corrected chi connectivity index (χ4v) is 3.85. The van der Waals surface area contributed by atoms with Crippen molar-refractivity contribution in [3.05, 3.63) is 33.4 Å². The fraction of sp³-hybridized carbons (Fsp3) is 0. The first-order chi connectivity index (χ1) is 8.29. The molecule has 0 atom stereocenters. The molecule has 2 rings (SSSR count). The van der Waals surface area contributed by atoms with Crippen LogP contribution in [-0.2, 0) is 9.05 Å². The normalized spacial score (nSPS) is 11.8. The summed E-state index contributed by atoms with van der Waals surface area (Å²) in [6.45, 7) is 0. The Hall–Kier alpha value is -0.0400. The minimum atomic E-state index is -3.80. The van der Waals surface area contributed by atoms with E-state index < -0.39 is 9.05 Å². The Morgan fingerprint density at radius 3 is 2.39 bits per heavy atom. The van der Waals surface area contributed by atoms with Crippen molar-refractivity contribution in [3.8, 4) is 10.6 Å². The number of benzene rings is 1. The molecule has 0 amide bonds. The Bertz CT molecular complexity index is 711. The van der Waals surface area contributed by atoms with E-state index in [9.17, 15) is 8.42 Å². The molecule has 2 aromatic rings. The SMILES string of the molecule is O=S(=O)(Cl)c1cnc(-c2cc(Cl)cc(Cl)c2Cl)s1. The number of hydrogen-bond acceptors (Lipinski definition) is 4. The van der Waals surface area contributed by atoms with Gasteiger partial charge in [0, 0.05) is 21.3 Å². The van der Waals surface area contributed by atoms with E-state index in [-0.39, 0.29) is 14.3 Å². The van der Waals surface area contributed by atoms with Crippen LogP contribution in [0.25, 0.3) is 10.6 Å². The second-order valence-electron chi connectivity index (χ2n) is 3.17. The molecule has 0 fully saturated rings. The molecule has 1 heterocycles. The molecule has 18 heavy (non-hydrogen) atoms. The second kappa shape index (κ2) is 5.15. The van der Waals surface area contributed by atoms with Crippen molar-refractivity contribution in [2.45, 2.75) is 4.21 Å². The fourth-order valence-electron chi connectivity index (χ4n) is 1.21. The third kappa shape index (κ3) is 2.92. The highest BCUT2D eigenvalue weighted by Crippen LogP contribution is 2.39. The first-order valence-corrected chi connectivity index (χ1v) is 8.60. The molecule has 0 spiro atoms. The number of nitrogens with zero attached hydrogens (tertiary/aromatic N) is 1. The van der Waals surface area contributed by atoms with Gasteiger partial charge in [0.2, 0.25) is 0 Å². The highest BCUT2D eigenvalue weighted by Gasteiger charge is 2.18. The molecule has 0 saturated carbocycles. The number of aromatic nitrogens is 1. The molecule has 0 unspecified atom stereocenters. The number of thiazole rings is 1. The minimum absolute atomic E-state index is 0.0636. The van der Waals surface area contributed by atoms with Crippen LogP contribution >= 0.6 is 56.8 Å². The van der Waals surface area contributed by atoms with Gasteiger partial charge in [-0.25, -0.2) is 13.4 Å². The lowest BCUT2D eigenvalue weighted by Crippen LogP contribution is -1.83. The van der Waals surface area contributed by atoms with E-state index in [1.165, 1.54) is 6.07 Å². The second-order valence-corrected chi connectivity index (χ2v) is 8.22. The van der Waals surface area contributed by atoms with Gasteiger partial charge in [-0.05, 0) is 12.1 Å². The van der Waals surface area contributed by atoms with Gasteiger partial charge in [0.05, 0.1) is 16.2 Å². The van der Waals surface area contributed by atoms with E-state index in [4.69, 9.17) is 45.5 Å². The van der Waals surface area contributed by atoms with Crippen LogP contribution in [0.3, 0.4) is 0 Å². The van der Waals surface area contributed by atoms with Crippen molar-refractivity contribution in [2.24, 2.45) is 0 Å². The lowest BCUT2D eigenvalue weighted by atomic mass is 10.2. The maximum atomic E-state index is 11.1. The molecule has 0 radical (unpaired) electrons. The molecule has 0 aliphatic heterocycles. The number of rotatable bonds is 2. The average molecular weight is 363 g/mol. The summed E-state index contributed by atoms with van der Waals surface area (Å²) in [5, 5.41) is 1.28. The van der Waals surface area contributed by atoms with Crippen LogP contribution in [0.2, 0.25) is 15.1 Å². The summed E-state index contributed by atoms with van der Waals surface area (Å²) in [6.07, 6.45) is 1.16. The van der Waals surface area contributed by atoms with E-state index in [2.05, 4.69) is 4.98 Å². The Morgan fingerprint density at radius 2 is 1.83 bits per heavy atom. The summed E-state index contributed by atoms with van der Waals surface area (Å²) < 4.78 is 22.2. The van der Waals surface area contributed by atoms with Crippen molar-refractivity contribution in [2.75, 3.05) is 0 Å². The van der Waals surface area contributed by atoms with Gasteiger partial charge in [0.25, 0.3) is 9.05 Å². The van der Waals surface area contributed by atoms with Crippen molar-refractivity contribution >= 4 is 65.9 Å². The van der Waals surface area contributed by atoms with E-state index in [0.717, 1.165) is 17.5 Å². The van der Waals surface area contributed by atoms with E-state index in [1.54, 1.807) is 6.07 Å². The summed E-state index contributed by atoms with van der Waals surface area (Å²) in [4.78, 5) is 3.95. The quantitative estimate of drug-likeness (QED) is 0.574. The summed E-state index contributed by atoms with van der Waals surface area (Å²) in [7, 11) is 1.42. The van der Waals surface area contributed by atoms with Gasteiger partial charge < -0.3 is 0 Å². The molecule has 9 heteroatoms. The molecule has 0 saturated heterocycles. The zero-order chi connectivity index (χ0) is 13.5.